The largest absolute Gasteiger partial charge is 0.394 e. The lowest BCUT2D eigenvalue weighted by molar-refractivity contribution is -0.303. The summed E-state index contributed by atoms with van der Waals surface area (Å²) in [6, 6.07) is -1.16. The molecule has 1 saturated heterocycles. The lowest BCUT2D eigenvalue weighted by Gasteiger charge is -2.40. The zero-order valence-electron chi connectivity index (χ0n) is 36.0. The van der Waals surface area contributed by atoms with Crippen LogP contribution in [-0.2, 0) is 14.3 Å². The summed E-state index contributed by atoms with van der Waals surface area (Å²) < 4.78 is 11.1. The summed E-state index contributed by atoms with van der Waals surface area (Å²) in [5.74, 6) is 0.0522. The first-order valence-corrected chi connectivity index (χ1v) is 23.3. The highest BCUT2D eigenvalue weighted by atomic mass is 16.7. The molecule has 5 unspecified atom stereocenters. The van der Waals surface area contributed by atoms with Crippen molar-refractivity contribution in [1.29, 1.82) is 0 Å². The maximum absolute atomic E-state index is 13.1. The number of hydrogen-bond donors (Lipinski definition) is 8. The summed E-state index contributed by atoms with van der Waals surface area (Å²) in [6.07, 6.45) is 21.7. The molecule has 1 amide bonds. The van der Waals surface area contributed by atoms with Gasteiger partial charge < -0.3 is 50.5 Å². The molecule has 56 heavy (non-hydrogen) atoms. The van der Waals surface area contributed by atoms with Crippen LogP contribution in [0.3, 0.4) is 0 Å². The van der Waals surface area contributed by atoms with E-state index in [0.29, 0.717) is 19.3 Å². The molecule has 0 radical (unpaired) electrons. The Morgan fingerprint density at radius 2 is 1.00 bits per heavy atom. The number of aliphatic hydroxyl groups is 7. The number of amides is 1. The predicted octanol–water partition coefficient (Wildman–Crippen LogP) is 7.36. The molecule has 1 aliphatic heterocycles. The second-order valence-electron chi connectivity index (χ2n) is 17.3. The second kappa shape index (κ2) is 34.9. The molecule has 0 aliphatic carbocycles. The zero-order valence-corrected chi connectivity index (χ0v) is 36.0. The van der Waals surface area contributed by atoms with Crippen LogP contribution >= 0.6 is 0 Å². The molecule has 0 spiro atoms. The van der Waals surface area contributed by atoms with Gasteiger partial charge in [0.2, 0.25) is 5.91 Å². The summed E-state index contributed by atoms with van der Waals surface area (Å²) >= 11 is 0. The molecule has 11 heteroatoms. The molecular weight excluding hydrogens is 714 g/mol. The Morgan fingerprint density at radius 1 is 0.589 bits per heavy atom. The van der Waals surface area contributed by atoms with Gasteiger partial charge in [0.05, 0.1) is 25.4 Å². The van der Waals surface area contributed by atoms with E-state index in [1.807, 2.05) is 0 Å². The maximum atomic E-state index is 13.1. The number of nitrogens with one attached hydrogen (secondary N) is 1. The molecule has 334 valence electrons. The minimum absolute atomic E-state index is 0.265. The van der Waals surface area contributed by atoms with E-state index in [2.05, 4.69) is 26.1 Å². The Labute approximate surface area is 341 Å². The SMILES string of the molecule is CCCCCCCCCCCCCCCCCCCC[C@@H](O)C(=O)NC(CO[C@@H]1OC(CO)[C@@H](O)C(O)C1O)[C@H](O)C(O)CCCCCCCCCCC(C)C. The number of ether oxygens (including phenoxy) is 2. The highest BCUT2D eigenvalue weighted by Gasteiger charge is 2.44. The highest BCUT2D eigenvalue weighted by molar-refractivity contribution is 5.80. The van der Waals surface area contributed by atoms with Crippen LogP contribution in [0.25, 0.3) is 0 Å². The van der Waals surface area contributed by atoms with Gasteiger partial charge >= 0.3 is 0 Å². The van der Waals surface area contributed by atoms with Crippen molar-refractivity contribution in [2.24, 2.45) is 5.92 Å². The van der Waals surface area contributed by atoms with Crippen molar-refractivity contribution in [3.8, 4) is 0 Å². The Morgan fingerprint density at radius 3 is 1.43 bits per heavy atom. The summed E-state index contributed by atoms with van der Waals surface area (Å²) in [5, 5.41) is 75.6. The highest BCUT2D eigenvalue weighted by Crippen LogP contribution is 2.23. The number of unbranched alkanes of at least 4 members (excludes halogenated alkanes) is 24. The van der Waals surface area contributed by atoms with Crippen molar-refractivity contribution in [1.82, 2.24) is 5.32 Å². The van der Waals surface area contributed by atoms with E-state index in [0.717, 1.165) is 44.4 Å². The first-order chi connectivity index (χ1) is 27.0. The van der Waals surface area contributed by atoms with Crippen LogP contribution in [0.2, 0.25) is 0 Å². The van der Waals surface area contributed by atoms with E-state index in [4.69, 9.17) is 9.47 Å². The van der Waals surface area contributed by atoms with Gasteiger partial charge in [-0.05, 0) is 18.8 Å². The standard InChI is InChI=1S/C45H89NO10/c1-4-5-6-7-8-9-10-11-12-13-14-15-16-17-18-23-26-29-32-38(49)44(54)46-36(34-55-45-43(53)42(52)41(51)39(33-47)56-45)40(50)37(48)31-28-25-22-20-19-21-24-27-30-35(2)3/h35-43,45,47-53H,4-34H2,1-3H3,(H,46,54)/t36?,37?,38-,39?,40+,41-,42?,43?,45-/m1/s1. The van der Waals surface area contributed by atoms with Crippen LogP contribution in [0, 0.1) is 5.92 Å². The van der Waals surface area contributed by atoms with E-state index in [9.17, 15) is 40.5 Å². The normalized spacial score (nSPS) is 22.3. The van der Waals surface area contributed by atoms with Crippen molar-refractivity contribution in [2.75, 3.05) is 13.2 Å². The van der Waals surface area contributed by atoms with Gasteiger partial charge in [-0.2, -0.15) is 0 Å². The van der Waals surface area contributed by atoms with Crippen molar-refractivity contribution in [3.05, 3.63) is 0 Å². The molecule has 9 atom stereocenters. The lowest BCUT2D eigenvalue weighted by Crippen LogP contribution is -2.60. The quantitative estimate of drug-likeness (QED) is 0.0293. The van der Waals surface area contributed by atoms with Crippen LogP contribution in [0.15, 0.2) is 0 Å². The number of carbonyl (C=O) groups excluding carboxylic acids is 1. The van der Waals surface area contributed by atoms with E-state index < -0.39 is 74.2 Å². The minimum atomic E-state index is -1.66. The molecule has 1 aliphatic rings. The fourth-order valence-corrected chi connectivity index (χ4v) is 7.68. The molecule has 0 aromatic heterocycles. The van der Waals surface area contributed by atoms with Crippen LogP contribution in [0.5, 0.6) is 0 Å². The molecule has 0 aromatic carbocycles. The summed E-state index contributed by atoms with van der Waals surface area (Å²) in [5.41, 5.74) is 0. The molecule has 0 saturated carbocycles. The molecule has 11 nitrogen and oxygen atoms in total. The van der Waals surface area contributed by atoms with E-state index in [1.54, 1.807) is 0 Å². The Balaban J connectivity index is 2.42. The molecule has 8 N–H and O–H groups in total. The van der Waals surface area contributed by atoms with Crippen LogP contribution in [0.4, 0.5) is 0 Å². The number of aliphatic hydroxyl groups excluding tert-OH is 7. The summed E-state index contributed by atoms with van der Waals surface area (Å²) in [4.78, 5) is 13.1. The Kier molecular flexibility index (Phi) is 33.1. The van der Waals surface area contributed by atoms with Crippen LogP contribution < -0.4 is 5.32 Å². The fraction of sp³-hybridized carbons (Fsp3) is 0.978. The topological polar surface area (TPSA) is 189 Å². The van der Waals surface area contributed by atoms with E-state index >= 15 is 0 Å². The molecule has 0 aromatic rings. The van der Waals surface area contributed by atoms with Gasteiger partial charge in [0.15, 0.2) is 6.29 Å². The maximum Gasteiger partial charge on any atom is 0.249 e. The van der Waals surface area contributed by atoms with E-state index in [1.165, 1.54) is 122 Å². The van der Waals surface area contributed by atoms with Gasteiger partial charge in [-0.25, -0.2) is 0 Å². The molecular formula is C45H89NO10. The summed E-state index contributed by atoms with van der Waals surface area (Å²) in [7, 11) is 0. The van der Waals surface area contributed by atoms with Gasteiger partial charge in [-0.3, -0.25) is 4.79 Å². The third-order valence-electron chi connectivity index (χ3n) is 11.6. The minimum Gasteiger partial charge on any atom is -0.394 e. The Bertz CT molecular complexity index is 895. The van der Waals surface area contributed by atoms with Crippen molar-refractivity contribution >= 4 is 5.91 Å². The molecule has 1 rings (SSSR count). The average Bonchev–Trinajstić information content (AvgIpc) is 3.18. The predicted molar refractivity (Wildman–Crippen MR) is 224 cm³/mol. The van der Waals surface area contributed by atoms with E-state index in [-0.39, 0.29) is 6.42 Å². The average molecular weight is 804 g/mol. The smallest absolute Gasteiger partial charge is 0.249 e. The number of carbonyl (C=O) groups is 1. The Hall–Kier alpha value is -0.890. The lowest BCUT2D eigenvalue weighted by atomic mass is 9.98. The first-order valence-electron chi connectivity index (χ1n) is 23.3. The van der Waals surface area contributed by atoms with Gasteiger partial charge in [0.1, 0.15) is 36.6 Å². The van der Waals surface area contributed by atoms with Crippen molar-refractivity contribution in [3.63, 3.8) is 0 Å². The number of hydrogen-bond acceptors (Lipinski definition) is 10. The first kappa shape index (κ1) is 53.1. The number of rotatable bonds is 38. The van der Waals surface area contributed by atoms with Gasteiger partial charge in [-0.1, -0.05) is 194 Å². The summed E-state index contributed by atoms with van der Waals surface area (Å²) in [6.45, 7) is 5.72. The van der Waals surface area contributed by atoms with Crippen LogP contribution in [-0.4, -0.2) is 110 Å². The van der Waals surface area contributed by atoms with Crippen molar-refractivity contribution < 1.29 is 50.0 Å². The van der Waals surface area contributed by atoms with Gasteiger partial charge in [-0.15, -0.1) is 0 Å². The monoisotopic (exact) mass is 804 g/mol. The zero-order chi connectivity index (χ0) is 41.4. The second-order valence-corrected chi connectivity index (χ2v) is 17.3. The fourth-order valence-electron chi connectivity index (χ4n) is 7.68. The van der Waals surface area contributed by atoms with Gasteiger partial charge in [0.25, 0.3) is 0 Å². The van der Waals surface area contributed by atoms with Crippen molar-refractivity contribution in [2.45, 2.75) is 262 Å². The van der Waals surface area contributed by atoms with Gasteiger partial charge in [0, 0.05) is 0 Å². The third-order valence-corrected chi connectivity index (χ3v) is 11.6. The third kappa shape index (κ3) is 25.6. The molecule has 1 fully saturated rings. The molecule has 1 heterocycles. The molecule has 0 bridgehead atoms. The van der Waals surface area contributed by atoms with Crippen LogP contribution in [0.1, 0.15) is 207 Å².